The fraction of sp³-hybridized carbons (Fsp3) is 0.611. The maximum absolute atomic E-state index is 12.1. The molecule has 0 aromatic heterocycles. The number of carbonyl (C=O) groups is 1. The van der Waals surface area contributed by atoms with Crippen LogP contribution in [-0.2, 0) is 10.2 Å². The first-order valence-corrected chi connectivity index (χ1v) is 8.08. The second-order valence-corrected chi connectivity index (χ2v) is 6.75. The van der Waals surface area contributed by atoms with Crippen LogP contribution in [0.2, 0.25) is 0 Å². The average Bonchev–Trinajstić information content (AvgIpc) is 2.42. The third kappa shape index (κ3) is 4.15. The summed E-state index contributed by atoms with van der Waals surface area (Å²) in [4.78, 5) is 12.1. The lowest BCUT2D eigenvalue weighted by Crippen LogP contribution is -2.27. The maximum Gasteiger partial charge on any atom is 0.338 e. The van der Waals surface area contributed by atoms with E-state index >= 15 is 0 Å². The third-order valence-corrected chi connectivity index (χ3v) is 4.50. The van der Waals surface area contributed by atoms with Crippen LogP contribution >= 0.6 is 0 Å². The average molecular weight is 306 g/mol. The van der Waals surface area contributed by atoms with Crippen LogP contribution in [0.25, 0.3) is 0 Å². The Morgan fingerprint density at radius 1 is 1.18 bits per heavy atom. The molecule has 22 heavy (non-hydrogen) atoms. The predicted octanol–water partition coefficient (Wildman–Crippen LogP) is 4.13. The van der Waals surface area contributed by atoms with E-state index in [1.807, 2.05) is 0 Å². The van der Waals surface area contributed by atoms with Crippen molar-refractivity contribution in [1.82, 2.24) is 0 Å². The summed E-state index contributed by atoms with van der Waals surface area (Å²) in [5.41, 5.74) is 14.6. The number of ether oxygens (including phenoxy) is 1. The largest absolute Gasteiger partial charge is 0.462 e. The van der Waals surface area contributed by atoms with E-state index in [1.165, 1.54) is 0 Å². The Labute approximate surface area is 134 Å². The van der Waals surface area contributed by atoms with Crippen molar-refractivity contribution in [2.75, 3.05) is 18.1 Å². The zero-order valence-electron chi connectivity index (χ0n) is 14.5. The molecule has 0 atom stereocenters. The molecule has 4 N–H and O–H groups in total. The summed E-state index contributed by atoms with van der Waals surface area (Å²) in [7, 11) is 0. The second-order valence-electron chi connectivity index (χ2n) is 6.75. The van der Waals surface area contributed by atoms with E-state index in [4.69, 9.17) is 16.2 Å². The molecule has 1 aromatic carbocycles. The van der Waals surface area contributed by atoms with Crippen molar-refractivity contribution < 1.29 is 9.53 Å². The van der Waals surface area contributed by atoms with Crippen LogP contribution in [0.5, 0.6) is 0 Å². The number of carbonyl (C=O) groups excluding carboxylic acids is 1. The first-order chi connectivity index (χ1) is 10.2. The maximum atomic E-state index is 12.1. The summed E-state index contributed by atoms with van der Waals surface area (Å²) in [6.07, 6.45) is 3.03. The van der Waals surface area contributed by atoms with Gasteiger partial charge >= 0.3 is 5.97 Å². The summed E-state index contributed by atoms with van der Waals surface area (Å²) in [6.45, 7) is 11.0. The first-order valence-electron chi connectivity index (χ1n) is 8.08. The predicted molar refractivity (Wildman–Crippen MR) is 92.9 cm³/mol. The zero-order valence-corrected chi connectivity index (χ0v) is 14.5. The van der Waals surface area contributed by atoms with Crippen LogP contribution in [0.15, 0.2) is 12.1 Å². The van der Waals surface area contributed by atoms with Gasteiger partial charge in [-0.15, -0.1) is 0 Å². The highest BCUT2D eigenvalue weighted by molar-refractivity contribution is 5.92. The molecule has 0 saturated heterocycles. The number of anilines is 2. The van der Waals surface area contributed by atoms with Crippen LogP contribution in [0.1, 0.15) is 69.8 Å². The Bertz CT molecular complexity index is 499. The van der Waals surface area contributed by atoms with Gasteiger partial charge in [0.1, 0.15) is 0 Å². The molecule has 0 bridgehead atoms. The highest BCUT2D eigenvalue weighted by atomic mass is 16.5. The Morgan fingerprint density at radius 2 is 1.73 bits per heavy atom. The molecular weight excluding hydrogens is 276 g/mol. The number of nitrogens with two attached hydrogens (primary N) is 2. The molecule has 0 amide bonds. The summed E-state index contributed by atoms with van der Waals surface area (Å²) in [6, 6.07) is 3.36. The summed E-state index contributed by atoms with van der Waals surface area (Å²) < 4.78 is 5.26. The molecule has 0 unspecified atom stereocenters. The molecule has 4 nitrogen and oxygen atoms in total. The molecule has 4 heteroatoms. The lowest BCUT2D eigenvalue weighted by molar-refractivity contribution is 0.0498. The van der Waals surface area contributed by atoms with E-state index < -0.39 is 0 Å². The number of hydrogen-bond donors (Lipinski definition) is 2. The SMILES string of the molecule is CCCCCOC(=O)c1cc(N)c(C(C)(C)C(C)C)c(N)c1. The van der Waals surface area contributed by atoms with Crippen molar-refractivity contribution in [3.8, 4) is 0 Å². The lowest BCUT2D eigenvalue weighted by Gasteiger charge is -2.32. The van der Waals surface area contributed by atoms with Gasteiger partial charge in [0.05, 0.1) is 12.2 Å². The van der Waals surface area contributed by atoms with E-state index in [0.717, 1.165) is 24.8 Å². The molecule has 0 fully saturated rings. The van der Waals surface area contributed by atoms with Crippen LogP contribution in [0.4, 0.5) is 11.4 Å². The van der Waals surface area contributed by atoms with E-state index in [1.54, 1.807) is 12.1 Å². The second kappa shape index (κ2) is 7.52. The molecule has 0 aliphatic rings. The van der Waals surface area contributed by atoms with Crippen molar-refractivity contribution in [3.63, 3.8) is 0 Å². The molecular formula is C18H30N2O2. The third-order valence-electron chi connectivity index (χ3n) is 4.50. The number of hydrogen-bond acceptors (Lipinski definition) is 4. The van der Waals surface area contributed by atoms with Gasteiger partial charge in [-0.1, -0.05) is 47.5 Å². The standard InChI is InChI=1S/C18H30N2O2/c1-6-7-8-9-22-17(21)13-10-14(19)16(15(20)11-13)18(4,5)12(2)3/h10-12H,6-9,19-20H2,1-5H3. The van der Waals surface area contributed by atoms with Gasteiger partial charge in [0.2, 0.25) is 0 Å². The summed E-state index contributed by atoms with van der Waals surface area (Å²) >= 11 is 0. The van der Waals surface area contributed by atoms with Gasteiger partial charge in [-0.3, -0.25) is 0 Å². The molecule has 0 radical (unpaired) electrons. The summed E-state index contributed by atoms with van der Waals surface area (Å²) in [5, 5.41) is 0. The Morgan fingerprint density at radius 3 is 2.18 bits per heavy atom. The first kappa shape index (κ1) is 18.3. The minimum Gasteiger partial charge on any atom is -0.462 e. The number of nitrogen functional groups attached to an aromatic ring is 2. The molecule has 0 heterocycles. The monoisotopic (exact) mass is 306 g/mol. The highest BCUT2D eigenvalue weighted by Gasteiger charge is 2.29. The Kier molecular flexibility index (Phi) is 6.27. The summed E-state index contributed by atoms with van der Waals surface area (Å²) in [5.74, 6) is 0.0207. The lowest BCUT2D eigenvalue weighted by atomic mass is 9.73. The molecule has 0 aliphatic carbocycles. The smallest absolute Gasteiger partial charge is 0.338 e. The minimum atomic E-state index is -0.358. The Balaban J connectivity index is 2.97. The number of esters is 1. The Hall–Kier alpha value is -1.71. The van der Waals surface area contributed by atoms with Gasteiger partial charge in [0.15, 0.2) is 0 Å². The van der Waals surface area contributed by atoms with Gasteiger partial charge in [-0.05, 0) is 29.9 Å². The molecule has 0 saturated carbocycles. The van der Waals surface area contributed by atoms with Crippen LogP contribution in [-0.4, -0.2) is 12.6 Å². The van der Waals surface area contributed by atoms with Crippen LogP contribution < -0.4 is 11.5 Å². The molecule has 0 spiro atoms. The van der Waals surface area contributed by atoms with Gasteiger partial charge in [0.25, 0.3) is 0 Å². The van der Waals surface area contributed by atoms with Crippen LogP contribution in [0.3, 0.4) is 0 Å². The van der Waals surface area contributed by atoms with Crippen molar-refractivity contribution in [1.29, 1.82) is 0 Å². The van der Waals surface area contributed by atoms with Crippen molar-refractivity contribution in [2.45, 2.75) is 59.3 Å². The zero-order chi connectivity index (χ0) is 16.9. The van der Waals surface area contributed by atoms with Gasteiger partial charge < -0.3 is 16.2 Å². The van der Waals surface area contributed by atoms with Crippen molar-refractivity contribution in [3.05, 3.63) is 23.3 Å². The number of benzene rings is 1. The van der Waals surface area contributed by atoms with Gasteiger partial charge in [0, 0.05) is 16.9 Å². The van der Waals surface area contributed by atoms with Gasteiger partial charge in [-0.2, -0.15) is 0 Å². The van der Waals surface area contributed by atoms with Gasteiger partial charge in [-0.25, -0.2) is 4.79 Å². The van der Waals surface area contributed by atoms with E-state index in [2.05, 4.69) is 34.6 Å². The van der Waals surface area contributed by atoms with Crippen molar-refractivity contribution in [2.24, 2.45) is 5.92 Å². The fourth-order valence-electron chi connectivity index (χ4n) is 2.44. The minimum absolute atomic E-state index is 0.155. The molecule has 124 valence electrons. The number of unbranched alkanes of at least 4 members (excludes halogenated alkanes) is 2. The van der Waals surface area contributed by atoms with E-state index in [0.29, 0.717) is 29.5 Å². The van der Waals surface area contributed by atoms with E-state index in [9.17, 15) is 4.79 Å². The van der Waals surface area contributed by atoms with Crippen LogP contribution in [0, 0.1) is 5.92 Å². The normalized spacial score (nSPS) is 11.7. The highest BCUT2D eigenvalue weighted by Crippen LogP contribution is 2.39. The molecule has 1 aromatic rings. The molecule has 1 rings (SSSR count). The molecule has 0 aliphatic heterocycles. The quantitative estimate of drug-likeness (QED) is 0.451. The van der Waals surface area contributed by atoms with E-state index in [-0.39, 0.29) is 11.4 Å². The van der Waals surface area contributed by atoms with Crippen molar-refractivity contribution >= 4 is 17.3 Å². The topological polar surface area (TPSA) is 78.3 Å². The number of rotatable bonds is 7. The fourth-order valence-corrected chi connectivity index (χ4v) is 2.44.